The number of anilines is 1. The van der Waals surface area contributed by atoms with Crippen LogP contribution in [0.25, 0.3) is 0 Å². The average Bonchev–Trinajstić information content (AvgIpc) is 3.03. The summed E-state index contributed by atoms with van der Waals surface area (Å²) in [6, 6.07) is 5.39. The second-order valence-corrected chi connectivity index (χ2v) is 5.62. The fraction of sp³-hybridized carbons (Fsp3) is 0.412. The lowest BCUT2D eigenvalue weighted by Crippen LogP contribution is -2.32. The molecule has 1 N–H and O–H groups in total. The highest BCUT2D eigenvalue weighted by atomic mass is 16.2. The van der Waals surface area contributed by atoms with Gasteiger partial charge in [0.25, 0.3) is 0 Å². The highest BCUT2D eigenvalue weighted by Crippen LogP contribution is 2.42. The summed E-state index contributed by atoms with van der Waals surface area (Å²) in [4.78, 5) is 26.3. The van der Waals surface area contributed by atoms with Gasteiger partial charge in [0, 0.05) is 5.56 Å². The van der Waals surface area contributed by atoms with Crippen LogP contribution in [0.5, 0.6) is 0 Å². The molecule has 2 atom stereocenters. The number of imide groups is 1. The summed E-state index contributed by atoms with van der Waals surface area (Å²) in [6.07, 6.45) is 2.62. The number of fused-ring (bicyclic) bond motifs is 1. The number of benzene rings is 1. The lowest BCUT2D eigenvalue weighted by molar-refractivity contribution is -0.122. The van der Waals surface area contributed by atoms with Crippen LogP contribution >= 0.6 is 0 Å². The van der Waals surface area contributed by atoms with E-state index < -0.39 is 0 Å². The summed E-state index contributed by atoms with van der Waals surface area (Å²) in [5.41, 5.74) is 2.28. The smallest absolute Gasteiger partial charge is 0.237 e. The standard InChI is InChI=1S/C17H17NO3/c1-11-10-12(4-3-9-19)7-8-15(11)18-16(20)13-5-2-6-14(13)17(18)21/h7-8,10,13-14,19H,2,5-6,9H2,1H3. The molecule has 2 unspecified atom stereocenters. The quantitative estimate of drug-likeness (QED) is 0.629. The molecule has 108 valence electrons. The summed E-state index contributed by atoms with van der Waals surface area (Å²) in [7, 11) is 0. The Hall–Kier alpha value is -2.12. The lowest BCUT2D eigenvalue weighted by Gasteiger charge is -2.18. The third kappa shape index (κ3) is 2.24. The highest BCUT2D eigenvalue weighted by molar-refractivity contribution is 6.22. The molecule has 1 heterocycles. The van der Waals surface area contributed by atoms with Crippen LogP contribution in [-0.2, 0) is 9.59 Å². The van der Waals surface area contributed by atoms with Gasteiger partial charge in [-0.3, -0.25) is 9.59 Å². The Labute approximate surface area is 123 Å². The van der Waals surface area contributed by atoms with Crippen LogP contribution in [0.1, 0.15) is 30.4 Å². The maximum Gasteiger partial charge on any atom is 0.237 e. The van der Waals surface area contributed by atoms with Crippen LogP contribution in [0.15, 0.2) is 18.2 Å². The molecule has 4 nitrogen and oxygen atoms in total. The number of hydrogen-bond acceptors (Lipinski definition) is 3. The molecule has 0 aromatic heterocycles. The first-order chi connectivity index (χ1) is 10.1. The summed E-state index contributed by atoms with van der Waals surface area (Å²) in [5, 5.41) is 8.71. The van der Waals surface area contributed by atoms with Gasteiger partial charge in [0.2, 0.25) is 11.8 Å². The van der Waals surface area contributed by atoms with Gasteiger partial charge in [0.1, 0.15) is 6.61 Å². The van der Waals surface area contributed by atoms with E-state index in [1.54, 1.807) is 12.1 Å². The van der Waals surface area contributed by atoms with Gasteiger partial charge >= 0.3 is 0 Å². The number of amides is 2. The second-order valence-electron chi connectivity index (χ2n) is 5.62. The van der Waals surface area contributed by atoms with Gasteiger partial charge in [-0.2, -0.15) is 0 Å². The van der Waals surface area contributed by atoms with E-state index in [1.165, 1.54) is 4.90 Å². The van der Waals surface area contributed by atoms with Crippen LogP contribution in [0.4, 0.5) is 5.69 Å². The number of aliphatic hydroxyl groups is 1. The first kappa shape index (κ1) is 13.8. The molecule has 0 radical (unpaired) electrons. The normalized spacial score (nSPS) is 24.0. The molecule has 2 amide bonds. The van der Waals surface area contributed by atoms with Crippen LogP contribution < -0.4 is 4.90 Å². The predicted octanol–water partition coefficient (Wildman–Crippen LogP) is 1.63. The van der Waals surface area contributed by atoms with Crippen molar-refractivity contribution in [2.45, 2.75) is 26.2 Å². The van der Waals surface area contributed by atoms with Crippen molar-refractivity contribution < 1.29 is 14.7 Å². The number of aliphatic hydroxyl groups excluding tert-OH is 1. The predicted molar refractivity (Wildman–Crippen MR) is 78.5 cm³/mol. The first-order valence-electron chi connectivity index (χ1n) is 7.21. The molecule has 21 heavy (non-hydrogen) atoms. The molecule has 1 aliphatic heterocycles. The second kappa shape index (κ2) is 5.34. The van der Waals surface area contributed by atoms with E-state index in [-0.39, 0.29) is 30.3 Å². The van der Waals surface area contributed by atoms with Crippen molar-refractivity contribution in [1.29, 1.82) is 0 Å². The Balaban J connectivity index is 1.94. The van der Waals surface area contributed by atoms with E-state index in [0.29, 0.717) is 5.69 Å². The summed E-state index contributed by atoms with van der Waals surface area (Å²) < 4.78 is 0. The maximum absolute atomic E-state index is 12.5. The average molecular weight is 283 g/mol. The topological polar surface area (TPSA) is 57.6 Å². The van der Waals surface area contributed by atoms with E-state index in [0.717, 1.165) is 30.4 Å². The fourth-order valence-electron chi connectivity index (χ4n) is 3.35. The molecule has 1 saturated carbocycles. The van der Waals surface area contributed by atoms with Crippen molar-refractivity contribution >= 4 is 17.5 Å². The molecule has 1 aliphatic carbocycles. The molecule has 2 fully saturated rings. The van der Waals surface area contributed by atoms with Gasteiger partial charge < -0.3 is 5.11 Å². The third-order valence-electron chi connectivity index (χ3n) is 4.34. The SMILES string of the molecule is Cc1cc(C#CCO)ccc1N1C(=O)C2CCCC2C1=O. The van der Waals surface area contributed by atoms with E-state index in [2.05, 4.69) is 11.8 Å². The van der Waals surface area contributed by atoms with E-state index in [9.17, 15) is 9.59 Å². The van der Waals surface area contributed by atoms with Crippen LogP contribution in [0, 0.1) is 30.6 Å². The molecule has 1 aromatic carbocycles. The maximum atomic E-state index is 12.5. The summed E-state index contributed by atoms with van der Waals surface area (Å²) in [5.74, 6) is 5.06. The molecule has 0 spiro atoms. The number of rotatable bonds is 1. The first-order valence-corrected chi connectivity index (χ1v) is 7.21. The zero-order valence-electron chi connectivity index (χ0n) is 11.9. The van der Waals surface area contributed by atoms with Gasteiger partial charge in [-0.25, -0.2) is 4.90 Å². The Kier molecular flexibility index (Phi) is 3.52. The van der Waals surface area contributed by atoms with Crippen molar-refractivity contribution in [3.63, 3.8) is 0 Å². The summed E-state index contributed by atoms with van der Waals surface area (Å²) >= 11 is 0. The van der Waals surface area contributed by atoms with Gasteiger partial charge in [-0.1, -0.05) is 18.3 Å². The van der Waals surface area contributed by atoms with E-state index >= 15 is 0 Å². The molecule has 4 heteroatoms. The van der Waals surface area contributed by atoms with Crippen molar-refractivity contribution in [3.8, 4) is 11.8 Å². The Bertz CT molecular complexity index is 646. The van der Waals surface area contributed by atoms with E-state index in [1.807, 2.05) is 13.0 Å². The zero-order valence-corrected chi connectivity index (χ0v) is 11.9. The molecule has 2 aliphatic rings. The number of aryl methyl sites for hydroxylation is 1. The van der Waals surface area contributed by atoms with Crippen molar-refractivity contribution in [2.75, 3.05) is 11.5 Å². The van der Waals surface area contributed by atoms with Gasteiger partial charge in [0.15, 0.2) is 0 Å². The lowest BCUT2D eigenvalue weighted by atomic mass is 10.00. The molecule has 0 bridgehead atoms. The minimum absolute atomic E-state index is 0.0557. The van der Waals surface area contributed by atoms with Crippen LogP contribution in [-0.4, -0.2) is 23.5 Å². The summed E-state index contributed by atoms with van der Waals surface area (Å²) in [6.45, 7) is 1.68. The molecule has 1 saturated heterocycles. The molecule has 1 aromatic rings. The largest absolute Gasteiger partial charge is 0.384 e. The number of nitrogens with zero attached hydrogens (tertiary/aromatic N) is 1. The van der Waals surface area contributed by atoms with Crippen molar-refractivity contribution in [1.82, 2.24) is 0 Å². The van der Waals surface area contributed by atoms with Gasteiger partial charge in [-0.15, -0.1) is 0 Å². The molecule has 3 rings (SSSR count). The van der Waals surface area contributed by atoms with Gasteiger partial charge in [-0.05, 0) is 43.5 Å². The third-order valence-corrected chi connectivity index (χ3v) is 4.34. The molecular formula is C17H17NO3. The van der Waals surface area contributed by atoms with Crippen molar-refractivity contribution in [2.24, 2.45) is 11.8 Å². The van der Waals surface area contributed by atoms with Crippen LogP contribution in [0.2, 0.25) is 0 Å². The van der Waals surface area contributed by atoms with E-state index in [4.69, 9.17) is 5.11 Å². The highest BCUT2D eigenvalue weighted by Gasteiger charge is 2.50. The Morgan fingerprint density at radius 2 is 1.90 bits per heavy atom. The minimum Gasteiger partial charge on any atom is -0.384 e. The van der Waals surface area contributed by atoms with Crippen LogP contribution in [0.3, 0.4) is 0 Å². The minimum atomic E-state index is -0.187. The monoisotopic (exact) mass is 283 g/mol. The number of carbonyl (C=O) groups excluding carboxylic acids is 2. The Morgan fingerprint density at radius 3 is 2.48 bits per heavy atom. The molecular weight excluding hydrogens is 266 g/mol. The Morgan fingerprint density at radius 1 is 1.24 bits per heavy atom. The number of hydrogen-bond donors (Lipinski definition) is 1. The van der Waals surface area contributed by atoms with Gasteiger partial charge in [0.05, 0.1) is 17.5 Å². The number of carbonyl (C=O) groups is 2. The fourth-order valence-corrected chi connectivity index (χ4v) is 3.35. The zero-order chi connectivity index (χ0) is 15.0. The van der Waals surface area contributed by atoms with Crippen molar-refractivity contribution in [3.05, 3.63) is 29.3 Å².